The Kier molecular flexibility index (Phi) is 6.91. The molecule has 1 unspecified atom stereocenters. The van der Waals surface area contributed by atoms with Crippen LogP contribution < -0.4 is 0 Å². The van der Waals surface area contributed by atoms with Crippen LogP contribution in [0.25, 0.3) is 0 Å². The summed E-state index contributed by atoms with van der Waals surface area (Å²) < 4.78 is 0. The maximum Gasteiger partial charge on any atom is 0.154 e. The number of nitrogens with zero attached hydrogens (tertiary/aromatic N) is 1. The van der Waals surface area contributed by atoms with Gasteiger partial charge in [0.05, 0.1) is 6.07 Å². The molecule has 1 rings (SSSR count). The fourth-order valence-corrected chi connectivity index (χ4v) is 2.57. The molecule has 0 radical (unpaired) electrons. The van der Waals surface area contributed by atoms with E-state index in [0.29, 0.717) is 22.0 Å². The molecule has 4 heteroatoms. The lowest BCUT2D eigenvalue weighted by Gasteiger charge is -2.12. The topological polar surface area (TPSA) is 40.9 Å². The minimum atomic E-state index is -0.858. The number of rotatable bonds is 7. The Labute approximate surface area is 124 Å². The Morgan fingerprint density at radius 1 is 1.26 bits per heavy atom. The molecule has 2 nitrogen and oxygen atoms in total. The van der Waals surface area contributed by atoms with Gasteiger partial charge in [0, 0.05) is 22.0 Å². The number of ketones is 1. The van der Waals surface area contributed by atoms with Crippen molar-refractivity contribution in [3.8, 4) is 6.07 Å². The molecule has 0 saturated carbocycles. The molecular weight excluding hydrogens is 281 g/mol. The molecule has 0 aromatic heterocycles. The summed E-state index contributed by atoms with van der Waals surface area (Å²) in [6, 6.07) is 7.03. The van der Waals surface area contributed by atoms with Gasteiger partial charge in [0.1, 0.15) is 5.92 Å². The third-order valence-corrected chi connectivity index (χ3v) is 3.68. The fraction of sp³-hybridized carbons (Fsp3) is 0.467. The van der Waals surface area contributed by atoms with E-state index >= 15 is 0 Å². The maximum absolute atomic E-state index is 12.1. The molecule has 0 aliphatic carbocycles. The predicted octanol–water partition coefficient (Wildman–Crippen LogP) is 5.14. The van der Waals surface area contributed by atoms with Crippen LogP contribution in [0.1, 0.15) is 50.5 Å². The van der Waals surface area contributed by atoms with Gasteiger partial charge in [0.2, 0.25) is 0 Å². The second kappa shape index (κ2) is 8.19. The van der Waals surface area contributed by atoms with E-state index in [4.69, 9.17) is 23.2 Å². The van der Waals surface area contributed by atoms with Gasteiger partial charge in [-0.05, 0) is 18.6 Å². The molecule has 0 spiro atoms. The van der Waals surface area contributed by atoms with Crippen LogP contribution in [-0.4, -0.2) is 5.78 Å². The number of hydrogen-bond donors (Lipinski definition) is 0. The minimum absolute atomic E-state index is 0.103. The number of Topliss-reactive ketones (excluding diaryl/α,β-unsaturated/α-hetero) is 1. The third-order valence-electron chi connectivity index (χ3n) is 3.02. The Morgan fingerprint density at radius 3 is 2.42 bits per heavy atom. The number of carbonyl (C=O) groups excluding carboxylic acids is 1. The van der Waals surface area contributed by atoms with Gasteiger partial charge in [-0.2, -0.15) is 5.26 Å². The summed E-state index contributed by atoms with van der Waals surface area (Å²) >= 11 is 12.1. The second-order valence-corrected chi connectivity index (χ2v) is 5.29. The van der Waals surface area contributed by atoms with Gasteiger partial charge in [0.25, 0.3) is 0 Å². The van der Waals surface area contributed by atoms with Crippen molar-refractivity contribution in [3.63, 3.8) is 0 Å². The minimum Gasteiger partial charge on any atom is -0.298 e. The Bertz CT molecular complexity index is 459. The number of halogens is 2. The summed E-state index contributed by atoms with van der Waals surface area (Å²) in [7, 11) is 0. The zero-order valence-electron chi connectivity index (χ0n) is 11.0. The van der Waals surface area contributed by atoms with Crippen molar-refractivity contribution in [1.29, 1.82) is 5.26 Å². The summed E-state index contributed by atoms with van der Waals surface area (Å²) in [5.74, 6) is -0.962. The highest BCUT2D eigenvalue weighted by Gasteiger charge is 2.24. The lowest BCUT2D eigenvalue weighted by atomic mass is 9.92. The molecule has 0 saturated heterocycles. The van der Waals surface area contributed by atoms with Crippen LogP contribution in [-0.2, 0) is 4.79 Å². The van der Waals surface area contributed by atoms with Crippen LogP contribution in [0, 0.1) is 11.3 Å². The van der Waals surface area contributed by atoms with Crippen molar-refractivity contribution < 1.29 is 4.79 Å². The molecule has 0 amide bonds. The lowest BCUT2D eigenvalue weighted by molar-refractivity contribution is -0.119. The molecule has 0 heterocycles. The number of benzene rings is 1. The quantitative estimate of drug-likeness (QED) is 0.654. The number of hydrogen-bond acceptors (Lipinski definition) is 2. The average Bonchev–Trinajstić information content (AvgIpc) is 2.39. The molecule has 0 aliphatic rings. The molecule has 0 N–H and O–H groups in total. The standard InChI is InChI=1S/C15H17Cl2NO/c1-2-3-4-5-9-14(19)11(10-18)15-12(16)7-6-8-13(15)17/h6-8,11H,2-5,9H2,1H3. The molecule has 1 atom stereocenters. The van der Waals surface area contributed by atoms with Crippen molar-refractivity contribution in [2.24, 2.45) is 0 Å². The van der Waals surface area contributed by atoms with Crippen LogP contribution >= 0.6 is 23.2 Å². The molecule has 1 aromatic carbocycles. The first kappa shape index (κ1) is 16.0. The fourth-order valence-electron chi connectivity index (χ4n) is 1.95. The van der Waals surface area contributed by atoms with E-state index in [2.05, 4.69) is 6.92 Å². The molecule has 0 aliphatic heterocycles. The Balaban J connectivity index is 2.78. The van der Waals surface area contributed by atoms with Crippen LogP contribution in [0.4, 0.5) is 0 Å². The van der Waals surface area contributed by atoms with Crippen molar-refractivity contribution in [2.45, 2.75) is 44.9 Å². The zero-order chi connectivity index (χ0) is 14.3. The van der Waals surface area contributed by atoms with Gasteiger partial charge < -0.3 is 0 Å². The number of nitriles is 1. The highest BCUT2D eigenvalue weighted by Crippen LogP contribution is 2.32. The van der Waals surface area contributed by atoms with Gasteiger partial charge in [0.15, 0.2) is 5.78 Å². The summed E-state index contributed by atoms with van der Waals surface area (Å²) in [5, 5.41) is 9.97. The molecule has 102 valence electrons. The lowest BCUT2D eigenvalue weighted by Crippen LogP contribution is -2.11. The van der Waals surface area contributed by atoms with Gasteiger partial charge in [-0.15, -0.1) is 0 Å². The van der Waals surface area contributed by atoms with Crippen LogP contribution in [0.3, 0.4) is 0 Å². The first-order chi connectivity index (χ1) is 9.11. The van der Waals surface area contributed by atoms with E-state index in [0.717, 1.165) is 25.7 Å². The smallest absolute Gasteiger partial charge is 0.154 e. The molecule has 19 heavy (non-hydrogen) atoms. The molecular formula is C15H17Cl2NO. The van der Waals surface area contributed by atoms with Crippen molar-refractivity contribution >= 4 is 29.0 Å². The third kappa shape index (κ3) is 4.53. The van der Waals surface area contributed by atoms with Gasteiger partial charge in [-0.3, -0.25) is 4.79 Å². The first-order valence-corrected chi connectivity index (χ1v) is 7.23. The van der Waals surface area contributed by atoms with E-state index in [-0.39, 0.29) is 5.78 Å². The van der Waals surface area contributed by atoms with Crippen molar-refractivity contribution in [2.75, 3.05) is 0 Å². The highest BCUT2D eigenvalue weighted by atomic mass is 35.5. The average molecular weight is 298 g/mol. The van der Waals surface area contributed by atoms with E-state index < -0.39 is 5.92 Å². The van der Waals surface area contributed by atoms with Crippen molar-refractivity contribution in [3.05, 3.63) is 33.8 Å². The van der Waals surface area contributed by atoms with Gasteiger partial charge >= 0.3 is 0 Å². The normalized spacial score (nSPS) is 11.9. The van der Waals surface area contributed by atoms with Crippen molar-refractivity contribution in [1.82, 2.24) is 0 Å². The number of carbonyl (C=O) groups is 1. The Morgan fingerprint density at radius 2 is 1.89 bits per heavy atom. The predicted molar refractivity (Wildman–Crippen MR) is 78.6 cm³/mol. The van der Waals surface area contributed by atoms with Gasteiger partial charge in [-0.1, -0.05) is 55.5 Å². The largest absolute Gasteiger partial charge is 0.298 e. The molecule has 0 bridgehead atoms. The maximum atomic E-state index is 12.1. The van der Waals surface area contributed by atoms with Gasteiger partial charge in [-0.25, -0.2) is 0 Å². The van der Waals surface area contributed by atoms with E-state index in [1.54, 1.807) is 18.2 Å². The SMILES string of the molecule is CCCCCCC(=O)C(C#N)c1c(Cl)cccc1Cl. The van der Waals surface area contributed by atoms with Crippen LogP contribution in [0.2, 0.25) is 10.0 Å². The number of unbranched alkanes of at least 4 members (excludes halogenated alkanes) is 3. The summed E-state index contributed by atoms with van der Waals surface area (Å²) in [5.41, 5.74) is 0.439. The summed E-state index contributed by atoms with van der Waals surface area (Å²) in [6.07, 6.45) is 4.45. The summed E-state index contributed by atoms with van der Waals surface area (Å²) in [4.78, 5) is 12.1. The monoisotopic (exact) mass is 297 g/mol. The highest BCUT2D eigenvalue weighted by molar-refractivity contribution is 6.36. The first-order valence-electron chi connectivity index (χ1n) is 6.48. The van der Waals surface area contributed by atoms with Crippen LogP contribution in [0.15, 0.2) is 18.2 Å². The molecule has 1 aromatic rings. The second-order valence-electron chi connectivity index (χ2n) is 4.47. The summed E-state index contributed by atoms with van der Waals surface area (Å²) in [6.45, 7) is 2.11. The molecule has 0 fully saturated rings. The van der Waals surface area contributed by atoms with E-state index in [9.17, 15) is 10.1 Å². The van der Waals surface area contributed by atoms with E-state index in [1.165, 1.54) is 0 Å². The van der Waals surface area contributed by atoms with E-state index in [1.807, 2.05) is 6.07 Å². The Hall–Kier alpha value is -1.04. The zero-order valence-corrected chi connectivity index (χ0v) is 12.5. The van der Waals surface area contributed by atoms with Crippen LogP contribution in [0.5, 0.6) is 0 Å².